The number of nitrogens with zero attached hydrogens (tertiary/aromatic N) is 1. The number of para-hydroxylation sites is 1. The average molecular weight is 310 g/mol. The van der Waals surface area contributed by atoms with E-state index in [0.717, 1.165) is 10.9 Å². The predicted octanol–water partition coefficient (Wildman–Crippen LogP) is 3.18. The molecule has 4 nitrogen and oxygen atoms in total. The van der Waals surface area contributed by atoms with E-state index in [4.69, 9.17) is 4.74 Å². The summed E-state index contributed by atoms with van der Waals surface area (Å²) < 4.78 is 18.5. The Labute approximate surface area is 132 Å². The van der Waals surface area contributed by atoms with Gasteiger partial charge in [0.25, 0.3) is 5.91 Å². The molecule has 0 saturated carbocycles. The summed E-state index contributed by atoms with van der Waals surface area (Å²) in [6.07, 6.45) is 1.71. The van der Waals surface area contributed by atoms with E-state index in [9.17, 15) is 9.18 Å². The SMILES string of the molecule is O=C(NCCOc1cccc2cccnc12)c1ccc(F)cc1. The van der Waals surface area contributed by atoms with Crippen molar-refractivity contribution in [3.8, 4) is 5.75 Å². The number of nitrogens with one attached hydrogen (secondary N) is 1. The Morgan fingerprint density at radius 3 is 2.70 bits per heavy atom. The van der Waals surface area contributed by atoms with E-state index < -0.39 is 0 Å². The highest BCUT2D eigenvalue weighted by molar-refractivity contribution is 5.94. The van der Waals surface area contributed by atoms with Gasteiger partial charge in [-0.1, -0.05) is 18.2 Å². The lowest BCUT2D eigenvalue weighted by molar-refractivity contribution is 0.0947. The third-order valence-corrected chi connectivity index (χ3v) is 3.35. The molecular weight excluding hydrogens is 295 g/mol. The number of fused-ring (bicyclic) bond motifs is 1. The normalized spacial score (nSPS) is 10.5. The number of hydrogen-bond acceptors (Lipinski definition) is 3. The maximum atomic E-state index is 12.8. The van der Waals surface area contributed by atoms with Gasteiger partial charge in [-0.05, 0) is 36.4 Å². The number of rotatable bonds is 5. The van der Waals surface area contributed by atoms with Crippen molar-refractivity contribution in [3.63, 3.8) is 0 Å². The van der Waals surface area contributed by atoms with Crippen LogP contribution in [0.4, 0.5) is 4.39 Å². The molecule has 3 rings (SSSR count). The van der Waals surface area contributed by atoms with E-state index in [1.54, 1.807) is 6.20 Å². The van der Waals surface area contributed by atoms with Gasteiger partial charge in [-0.2, -0.15) is 0 Å². The van der Waals surface area contributed by atoms with Crippen LogP contribution in [0.15, 0.2) is 60.8 Å². The second kappa shape index (κ2) is 6.87. The molecule has 1 amide bonds. The van der Waals surface area contributed by atoms with Crippen molar-refractivity contribution < 1.29 is 13.9 Å². The van der Waals surface area contributed by atoms with Crippen LogP contribution in [0.2, 0.25) is 0 Å². The van der Waals surface area contributed by atoms with Crippen LogP contribution >= 0.6 is 0 Å². The summed E-state index contributed by atoms with van der Waals surface area (Å²) in [6, 6.07) is 14.9. The maximum absolute atomic E-state index is 12.8. The molecule has 0 unspecified atom stereocenters. The molecule has 3 aromatic rings. The molecule has 1 N–H and O–H groups in total. The quantitative estimate of drug-likeness (QED) is 0.736. The number of hydrogen-bond donors (Lipinski definition) is 1. The number of pyridine rings is 1. The first-order valence-corrected chi connectivity index (χ1v) is 7.24. The molecule has 0 fully saturated rings. The van der Waals surface area contributed by atoms with E-state index in [1.807, 2.05) is 30.3 Å². The second-order valence-electron chi connectivity index (χ2n) is 4.94. The van der Waals surface area contributed by atoms with E-state index >= 15 is 0 Å². The van der Waals surface area contributed by atoms with Crippen molar-refractivity contribution in [1.82, 2.24) is 10.3 Å². The fraction of sp³-hybridized carbons (Fsp3) is 0.111. The topological polar surface area (TPSA) is 51.2 Å². The third kappa shape index (κ3) is 3.63. The van der Waals surface area contributed by atoms with Gasteiger partial charge in [-0.25, -0.2) is 4.39 Å². The van der Waals surface area contributed by atoms with Crippen LogP contribution in [0.5, 0.6) is 5.75 Å². The van der Waals surface area contributed by atoms with E-state index in [0.29, 0.717) is 24.5 Å². The first-order chi connectivity index (χ1) is 11.2. The second-order valence-corrected chi connectivity index (χ2v) is 4.94. The number of halogens is 1. The highest BCUT2D eigenvalue weighted by atomic mass is 19.1. The Morgan fingerprint density at radius 2 is 1.87 bits per heavy atom. The van der Waals surface area contributed by atoms with Crippen LogP contribution in [0, 0.1) is 5.82 Å². The van der Waals surface area contributed by atoms with Crippen molar-refractivity contribution in [3.05, 3.63) is 72.2 Å². The van der Waals surface area contributed by atoms with E-state index in [1.165, 1.54) is 24.3 Å². The molecule has 2 aromatic carbocycles. The van der Waals surface area contributed by atoms with Gasteiger partial charge in [0, 0.05) is 17.1 Å². The van der Waals surface area contributed by atoms with Gasteiger partial charge in [0.15, 0.2) is 0 Å². The first-order valence-electron chi connectivity index (χ1n) is 7.24. The van der Waals surface area contributed by atoms with E-state index in [-0.39, 0.29) is 11.7 Å². The number of carbonyl (C=O) groups excluding carboxylic acids is 1. The Kier molecular flexibility index (Phi) is 4.47. The molecule has 5 heteroatoms. The van der Waals surface area contributed by atoms with Gasteiger partial charge >= 0.3 is 0 Å². The lowest BCUT2D eigenvalue weighted by atomic mass is 10.2. The minimum absolute atomic E-state index is 0.260. The molecule has 0 bridgehead atoms. The van der Waals surface area contributed by atoms with Crippen molar-refractivity contribution >= 4 is 16.8 Å². The molecule has 0 saturated heterocycles. The Balaban J connectivity index is 1.55. The summed E-state index contributed by atoms with van der Waals surface area (Å²) >= 11 is 0. The average Bonchev–Trinajstić information content (AvgIpc) is 2.59. The van der Waals surface area contributed by atoms with Crippen molar-refractivity contribution in [2.75, 3.05) is 13.2 Å². The number of carbonyl (C=O) groups is 1. The number of amides is 1. The molecule has 1 heterocycles. The van der Waals surface area contributed by atoms with Crippen LogP contribution < -0.4 is 10.1 Å². The third-order valence-electron chi connectivity index (χ3n) is 3.35. The van der Waals surface area contributed by atoms with Gasteiger partial charge < -0.3 is 10.1 Å². The zero-order valence-electron chi connectivity index (χ0n) is 12.3. The molecule has 0 spiro atoms. The molecule has 116 valence electrons. The number of benzene rings is 2. The molecule has 0 atom stereocenters. The summed E-state index contributed by atoms with van der Waals surface area (Å²) in [5.74, 6) is 0.0529. The minimum Gasteiger partial charge on any atom is -0.489 e. The molecular formula is C18H15FN2O2. The molecule has 1 aromatic heterocycles. The summed E-state index contributed by atoms with van der Waals surface area (Å²) in [5.41, 5.74) is 1.21. The zero-order chi connectivity index (χ0) is 16.1. The van der Waals surface area contributed by atoms with Gasteiger partial charge in [0.2, 0.25) is 0 Å². The Morgan fingerprint density at radius 1 is 1.09 bits per heavy atom. The highest BCUT2D eigenvalue weighted by Gasteiger charge is 2.06. The lowest BCUT2D eigenvalue weighted by Gasteiger charge is -2.09. The van der Waals surface area contributed by atoms with Gasteiger partial charge in [0.1, 0.15) is 23.7 Å². The molecule has 0 aliphatic heterocycles. The standard InChI is InChI=1S/C18H15FN2O2/c19-15-8-6-14(7-9-15)18(22)21-11-12-23-16-5-1-3-13-4-2-10-20-17(13)16/h1-10H,11-12H2,(H,21,22). The molecule has 0 aliphatic carbocycles. The predicted molar refractivity (Wildman–Crippen MR) is 86.0 cm³/mol. The zero-order valence-corrected chi connectivity index (χ0v) is 12.3. The smallest absolute Gasteiger partial charge is 0.251 e. The Hall–Kier alpha value is -2.95. The lowest BCUT2D eigenvalue weighted by Crippen LogP contribution is -2.28. The first kappa shape index (κ1) is 15.0. The molecule has 0 aliphatic rings. The van der Waals surface area contributed by atoms with Gasteiger partial charge in [-0.15, -0.1) is 0 Å². The van der Waals surface area contributed by atoms with Crippen LogP contribution in [0.1, 0.15) is 10.4 Å². The minimum atomic E-state index is -0.367. The van der Waals surface area contributed by atoms with Gasteiger partial charge in [0.05, 0.1) is 6.54 Å². The highest BCUT2D eigenvalue weighted by Crippen LogP contribution is 2.22. The summed E-state index contributed by atoms with van der Waals surface area (Å²) in [6.45, 7) is 0.669. The summed E-state index contributed by atoms with van der Waals surface area (Å²) in [4.78, 5) is 16.2. The van der Waals surface area contributed by atoms with Crippen LogP contribution in [-0.2, 0) is 0 Å². The number of ether oxygens (including phenoxy) is 1. The van der Waals surface area contributed by atoms with Crippen LogP contribution in [-0.4, -0.2) is 24.0 Å². The fourth-order valence-corrected chi connectivity index (χ4v) is 2.22. The summed E-state index contributed by atoms with van der Waals surface area (Å²) in [5, 5.41) is 3.73. The summed E-state index contributed by atoms with van der Waals surface area (Å²) in [7, 11) is 0. The molecule has 0 radical (unpaired) electrons. The van der Waals surface area contributed by atoms with Crippen molar-refractivity contribution in [1.29, 1.82) is 0 Å². The molecule has 23 heavy (non-hydrogen) atoms. The van der Waals surface area contributed by atoms with Crippen LogP contribution in [0.3, 0.4) is 0 Å². The maximum Gasteiger partial charge on any atom is 0.251 e. The fourth-order valence-electron chi connectivity index (χ4n) is 2.22. The number of aromatic nitrogens is 1. The monoisotopic (exact) mass is 310 g/mol. The van der Waals surface area contributed by atoms with Crippen LogP contribution in [0.25, 0.3) is 10.9 Å². The Bertz CT molecular complexity index is 813. The van der Waals surface area contributed by atoms with Gasteiger partial charge in [-0.3, -0.25) is 9.78 Å². The van der Waals surface area contributed by atoms with Crippen molar-refractivity contribution in [2.45, 2.75) is 0 Å². The largest absolute Gasteiger partial charge is 0.489 e. The van der Waals surface area contributed by atoms with E-state index in [2.05, 4.69) is 10.3 Å². The van der Waals surface area contributed by atoms with Crippen molar-refractivity contribution in [2.24, 2.45) is 0 Å².